The maximum absolute atomic E-state index is 9.36. The number of nitrogens with zero attached hydrogens (tertiary/aromatic N) is 5. The molecule has 0 saturated carbocycles. The highest BCUT2D eigenvalue weighted by Gasteiger charge is 2.22. The SMILES string of the molecule is CCc1nn(CCO)c(Oc2ccccn2)c1Oc1cc(C#N)cc(C#N)c1. The van der Waals surface area contributed by atoms with Crippen LogP contribution in [0.5, 0.6) is 23.3 Å². The second-order valence-corrected chi connectivity index (χ2v) is 5.72. The first-order chi connectivity index (χ1) is 13.7. The van der Waals surface area contributed by atoms with Crippen LogP contribution < -0.4 is 9.47 Å². The summed E-state index contributed by atoms with van der Waals surface area (Å²) in [6, 6.07) is 13.8. The van der Waals surface area contributed by atoms with Gasteiger partial charge in [0.25, 0.3) is 5.88 Å². The van der Waals surface area contributed by atoms with Gasteiger partial charge in [0, 0.05) is 12.3 Å². The average molecular weight is 375 g/mol. The number of ether oxygens (including phenoxy) is 2. The Balaban J connectivity index is 2.06. The summed E-state index contributed by atoms with van der Waals surface area (Å²) in [6.45, 7) is 1.99. The summed E-state index contributed by atoms with van der Waals surface area (Å²) in [5.41, 5.74) is 1.23. The van der Waals surface area contributed by atoms with E-state index in [0.717, 1.165) is 0 Å². The Kier molecular flexibility index (Phi) is 5.85. The third kappa shape index (κ3) is 4.09. The summed E-state index contributed by atoms with van der Waals surface area (Å²) in [6.07, 6.45) is 2.15. The van der Waals surface area contributed by atoms with Gasteiger partial charge in [0.1, 0.15) is 11.4 Å². The lowest BCUT2D eigenvalue weighted by Gasteiger charge is -2.11. The van der Waals surface area contributed by atoms with Gasteiger partial charge in [-0.05, 0) is 30.7 Å². The van der Waals surface area contributed by atoms with Gasteiger partial charge in [-0.15, -0.1) is 0 Å². The number of hydrogen-bond acceptors (Lipinski definition) is 7. The van der Waals surface area contributed by atoms with E-state index in [0.29, 0.717) is 40.6 Å². The van der Waals surface area contributed by atoms with Crippen LogP contribution in [-0.4, -0.2) is 26.5 Å². The van der Waals surface area contributed by atoms with E-state index in [4.69, 9.17) is 9.47 Å². The van der Waals surface area contributed by atoms with Crippen molar-refractivity contribution in [1.82, 2.24) is 14.8 Å². The molecule has 0 bridgehead atoms. The van der Waals surface area contributed by atoms with Crippen molar-refractivity contribution >= 4 is 0 Å². The summed E-state index contributed by atoms with van der Waals surface area (Å²) in [7, 11) is 0. The number of benzene rings is 1. The van der Waals surface area contributed by atoms with Gasteiger partial charge in [-0.25, -0.2) is 9.67 Å². The van der Waals surface area contributed by atoms with Gasteiger partial charge in [0.15, 0.2) is 0 Å². The average Bonchev–Trinajstić information content (AvgIpc) is 3.05. The van der Waals surface area contributed by atoms with Gasteiger partial charge in [-0.2, -0.15) is 15.6 Å². The van der Waals surface area contributed by atoms with E-state index in [9.17, 15) is 15.6 Å². The molecule has 1 N–H and O–H groups in total. The molecule has 1 aromatic carbocycles. The minimum atomic E-state index is -0.134. The zero-order chi connectivity index (χ0) is 19.9. The Morgan fingerprint density at radius 2 is 1.86 bits per heavy atom. The number of hydrogen-bond donors (Lipinski definition) is 1. The van der Waals surface area contributed by atoms with Crippen molar-refractivity contribution in [2.24, 2.45) is 0 Å². The van der Waals surface area contributed by atoms with Crippen molar-refractivity contribution in [3.63, 3.8) is 0 Å². The first-order valence-corrected chi connectivity index (χ1v) is 8.61. The number of nitriles is 2. The van der Waals surface area contributed by atoms with E-state index < -0.39 is 0 Å². The van der Waals surface area contributed by atoms with Gasteiger partial charge in [0.2, 0.25) is 11.6 Å². The number of rotatable bonds is 7. The molecule has 0 aliphatic carbocycles. The Bertz CT molecular complexity index is 1020. The number of aliphatic hydroxyl groups excluding tert-OH is 1. The first-order valence-electron chi connectivity index (χ1n) is 8.61. The smallest absolute Gasteiger partial charge is 0.263 e. The lowest BCUT2D eigenvalue weighted by molar-refractivity contribution is 0.258. The topological polar surface area (TPSA) is 117 Å². The van der Waals surface area contributed by atoms with E-state index >= 15 is 0 Å². The molecule has 0 aliphatic heterocycles. The van der Waals surface area contributed by atoms with E-state index in [2.05, 4.69) is 10.1 Å². The highest BCUT2D eigenvalue weighted by Crippen LogP contribution is 2.38. The second-order valence-electron chi connectivity index (χ2n) is 5.72. The largest absolute Gasteiger partial charge is 0.450 e. The quantitative estimate of drug-likeness (QED) is 0.674. The van der Waals surface area contributed by atoms with E-state index in [1.807, 2.05) is 19.1 Å². The van der Waals surface area contributed by atoms with Crippen molar-refractivity contribution in [2.45, 2.75) is 19.9 Å². The highest BCUT2D eigenvalue weighted by atomic mass is 16.5. The molecule has 0 amide bonds. The fraction of sp³-hybridized carbons (Fsp3) is 0.200. The molecule has 3 aromatic rings. The Hall–Kier alpha value is -3.88. The Morgan fingerprint density at radius 3 is 2.43 bits per heavy atom. The van der Waals surface area contributed by atoms with Gasteiger partial charge < -0.3 is 14.6 Å². The molecule has 0 saturated heterocycles. The molecule has 0 spiro atoms. The Morgan fingerprint density at radius 1 is 1.11 bits per heavy atom. The standard InChI is InChI=1S/C20H17N5O3/c1-2-17-19(27-16-10-14(12-21)9-15(11-16)13-22)20(25(24-17)7-8-26)28-18-5-3-4-6-23-18/h3-6,9-11,26H,2,7-8H2,1H3. The van der Waals surface area contributed by atoms with Crippen LogP contribution >= 0.6 is 0 Å². The summed E-state index contributed by atoms with van der Waals surface area (Å²) in [5.74, 6) is 1.29. The molecule has 0 atom stereocenters. The predicted octanol–water partition coefficient (Wildman–Crippen LogP) is 3.16. The van der Waals surface area contributed by atoms with Crippen LogP contribution in [0.25, 0.3) is 0 Å². The molecule has 8 nitrogen and oxygen atoms in total. The van der Waals surface area contributed by atoms with Gasteiger partial charge >= 0.3 is 0 Å². The van der Waals surface area contributed by atoms with Crippen LogP contribution in [0.1, 0.15) is 23.7 Å². The summed E-state index contributed by atoms with van der Waals surface area (Å²) < 4.78 is 13.4. The third-order valence-corrected chi connectivity index (χ3v) is 3.80. The minimum absolute atomic E-state index is 0.134. The second kappa shape index (κ2) is 8.67. The predicted molar refractivity (Wildman–Crippen MR) is 98.9 cm³/mol. The van der Waals surface area contributed by atoms with Crippen molar-refractivity contribution in [2.75, 3.05) is 6.61 Å². The van der Waals surface area contributed by atoms with Crippen LogP contribution in [0.4, 0.5) is 0 Å². The maximum Gasteiger partial charge on any atom is 0.263 e. The van der Waals surface area contributed by atoms with Gasteiger partial charge in [0.05, 0.1) is 36.4 Å². The molecule has 0 radical (unpaired) electrons. The summed E-state index contributed by atoms with van der Waals surface area (Å²) >= 11 is 0. The van der Waals surface area contributed by atoms with Gasteiger partial charge in [-0.3, -0.25) is 0 Å². The van der Waals surface area contributed by atoms with Gasteiger partial charge in [-0.1, -0.05) is 13.0 Å². The van der Waals surface area contributed by atoms with Crippen LogP contribution in [-0.2, 0) is 13.0 Å². The normalized spacial score (nSPS) is 10.1. The first kappa shape index (κ1) is 18.9. The molecule has 2 aromatic heterocycles. The lowest BCUT2D eigenvalue weighted by Crippen LogP contribution is -2.06. The molecule has 2 heterocycles. The maximum atomic E-state index is 9.36. The fourth-order valence-corrected chi connectivity index (χ4v) is 2.57. The number of aliphatic hydroxyl groups is 1. The van der Waals surface area contributed by atoms with Crippen molar-refractivity contribution in [1.29, 1.82) is 10.5 Å². The third-order valence-electron chi connectivity index (χ3n) is 3.80. The van der Waals surface area contributed by atoms with Crippen molar-refractivity contribution in [3.8, 4) is 35.4 Å². The van der Waals surface area contributed by atoms with E-state index in [-0.39, 0.29) is 19.0 Å². The monoisotopic (exact) mass is 375 g/mol. The van der Waals surface area contributed by atoms with E-state index in [1.165, 1.54) is 22.9 Å². The molecule has 28 heavy (non-hydrogen) atoms. The fourth-order valence-electron chi connectivity index (χ4n) is 2.57. The molecule has 3 rings (SSSR count). The van der Waals surface area contributed by atoms with Crippen LogP contribution in [0.2, 0.25) is 0 Å². The molecular formula is C20H17N5O3. The molecule has 140 valence electrons. The lowest BCUT2D eigenvalue weighted by atomic mass is 10.1. The molecule has 0 unspecified atom stereocenters. The van der Waals surface area contributed by atoms with Crippen molar-refractivity contribution < 1.29 is 14.6 Å². The van der Waals surface area contributed by atoms with E-state index in [1.54, 1.807) is 24.4 Å². The molecule has 0 fully saturated rings. The number of pyridine rings is 1. The van der Waals surface area contributed by atoms with Crippen LogP contribution in [0.15, 0.2) is 42.6 Å². The number of aromatic nitrogens is 3. The number of aryl methyl sites for hydroxylation is 1. The van der Waals surface area contributed by atoms with Crippen molar-refractivity contribution in [3.05, 3.63) is 59.4 Å². The van der Waals surface area contributed by atoms with Crippen LogP contribution in [0.3, 0.4) is 0 Å². The minimum Gasteiger partial charge on any atom is -0.450 e. The molecular weight excluding hydrogens is 358 g/mol. The molecule has 0 aliphatic rings. The highest BCUT2D eigenvalue weighted by molar-refractivity contribution is 5.49. The zero-order valence-corrected chi connectivity index (χ0v) is 15.2. The Labute approximate surface area is 161 Å². The summed E-state index contributed by atoms with van der Waals surface area (Å²) in [4.78, 5) is 4.15. The zero-order valence-electron chi connectivity index (χ0n) is 15.2. The summed E-state index contributed by atoms with van der Waals surface area (Å²) in [5, 5.41) is 32.2. The van der Waals surface area contributed by atoms with Crippen LogP contribution in [0, 0.1) is 22.7 Å². The molecule has 8 heteroatoms.